The van der Waals surface area contributed by atoms with Crippen LogP contribution in [0.4, 0.5) is 43.5 Å². The Labute approximate surface area is 284 Å². The predicted molar refractivity (Wildman–Crippen MR) is 181 cm³/mol. The Hall–Kier alpha value is -5.21. The van der Waals surface area contributed by atoms with Crippen LogP contribution in [0, 0.1) is 0 Å². The van der Waals surface area contributed by atoms with Gasteiger partial charge in [-0.15, -0.1) is 10.2 Å². The van der Waals surface area contributed by atoms with Crippen LogP contribution in [-0.4, -0.2) is 61.3 Å². The molecule has 1 heterocycles. The quantitative estimate of drug-likeness (QED) is 0.0904. The van der Waals surface area contributed by atoms with Crippen LogP contribution in [0.1, 0.15) is 32.6 Å². The van der Waals surface area contributed by atoms with Gasteiger partial charge >= 0.3 is 18.3 Å². The molecule has 0 aliphatic rings. The van der Waals surface area contributed by atoms with E-state index in [0.29, 0.717) is 27.6 Å². The number of alkyl halides is 6. The second kappa shape index (κ2) is 14.0. The molecule has 0 spiro atoms. The number of anilines is 3. The normalized spacial score (nSPS) is 12.2. The molecule has 0 bridgehead atoms. The highest BCUT2D eigenvalue weighted by Crippen LogP contribution is 2.42. The number of benzene rings is 4. The number of aromatic nitrogens is 2. The summed E-state index contributed by atoms with van der Waals surface area (Å²) in [6.07, 6.45) is -9.24. The molecule has 0 atom stereocenters. The van der Waals surface area contributed by atoms with Crippen molar-refractivity contribution in [3.63, 3.8) is 0 Å². The molecule has 0 saturated heterocycles. The van der Waals surface area contributed by atoms with Crippen molar-refractivity contribution < 1.29 is 35.9 Å². The van der Waals surface area contributed by atoms with Gasteiger partial charge in [0.25, 0.3) is 0 Å². The van der Waals surface area contributed by atoms with Crippen molar-refractivity contribution >= 4 is 33.9 Å². The molecule has 0 aliphatic carbocycles. The van der Waals surface area contributed by atoms with Gasteiger partial charge in [-0.2, -0.15) is 26.3 Å². The molecule has 0 aliphatic heterocycles. The fourth-order valence-electron chi connectivity index (χ4n) is 5.80. The Morgan fingerprint density at radius 1 is 0.800 bits per heavy atom. The van der Waals surface area contributed by atoms with Gasteiger partial charge in [0.1, 0.15) is 5.69 Å². The smallest absolute Gasteiger partial charge is 0.416 e. The number of hydrogen-bond acceptors (Lipinski definition) is 8. The first-order chi connectivity index (χ1) is 23.5. The Morgan fingerprint density at radius 2 is 1.44 bits per heavy atom. The third-order valence-corrected chi connectivity index (χ3v) is 7.80. The van der Waals surface area contributed by atoms with E-state index in [1.54, 1.807) is 80.5 Å². The lowest BCUT2D eigenvalue weighted by Crippen LogP contribution is -2.15. The number of hydrogen-bond donors (Lipinski definition) is 2. The van der Waals surface area contributed by atoms with Crippen LogP contribution in [0.2, 0.25) is 0 Å². The maximum atomic E-state index is 13.8. The number of nitrogens with two attached hydrogens (primary N) is 1. The first kappa shape index (κ1) is 36.1. The number of nitrogens with zero attached hydrogens (tertiary/aromatic N) is 4. The minimum atomic E-state index is -4.66. The van der Waals surface area contributed by atoms with E-state index in [1.165, 1.54) is 13.2 Å². The van der Waals surface area contributed by atoms with Gasteiger partial charge in [-0.1, -0.05) is 30.3 Å². The van der Waals surface area contributed by atoms with Gasteiger partial charge in [0, 0.05) is 46.4 Å². The third-order valence-electron chi connectivity index (χ3n) is 7.80. The van der Waals surface area contributed by atoms with E-state index in [2.05, 4.69) is 15.5 Å². The number of nitrogen functional groups attached to an aromatic ring is 1. The van der Waals surface area contributed by atoms with E-state index in [4.69, 9.17) is 10.5 Å². The Balaban J connectivity index is 1.68. The van der Waals surface area contributed by atoms with Crippen molar-refractivity contribution in [1.29, 1.82) is 0 Å². The van der Waals surface area contributed by atoms with Crippen molar-refractivity contribution in [3.8, 4) is 22.4 Å². The molecule has 0 fully saturated rings. The van der Waals surface area contributed by atoms with E-state index < -0.39 is 29.4 Å². The minimum Gasteiger partial charge on any atom is -0.465 e. The first-order valence-electron chi connectivity index (χ1n) is 15.2. The molecule has 50 heavy (non-hydrogen) atoms. The van der Waals surface area contributed by atoms with Gasteiger partial charge in [-0.05, 0) is 87.3 Å². The molecule has 3 N–H and O–H groups in total. The van der Waals surface area contributed by atoms with Gasteiger partial charge in [-0.25, -0.2) is 4.79 Å². The molecular formula is C36H34F6N6O2. The zero-order chi connectivity index (χ0) is 36.5. The first-order valence-corrected chi connectivity index (χ1v) is 15.2. The molecule has 1 aromatic heterocycles. The van der Waals surface area contributed by atoms with Gasteiger partial charge in [0.2, 0.25) is 0 Å². The number of carbonyl (C=O) groups is 1. The lowest BCUT2D eigenvalue weighted by atomic mass is 9.89. The molecule has 14 heteroatoms. The van der Waals surface area contributed by atoms with Crippen molar-refractivity contribution in [1.82, 2.24) is 20.0 Å². The van der Waals surface area contributed by atoms with Gasteiger partial charge in [0.15, 0.2) is 5.82 Å². The molecule has 4 aromatic carbocycles. The second-order valence-electron chi connectivity index (χ2n) is 12.3. The standard InChI is InChI=1S/C36H34F6N6O2/c1-47(2)18-20-12-23(35(37,38)39)16-25(13-20)44-33-27-9-7-6-8-26(27)32(45-46-33)21-10-11-28(34(49)50-5)29(15-21)31-22(19-48(3)4)14-24(17-30(31)43)36(40,41)42/h6-17H,18-19,43H2,1-5H3,(H,44,46). The number of esters is 1. The van der Waals surface area contributed by atoms with E-state index in [9.17, 15) is 31.1 Å². The monoisotopic (exact) mass is 696 g/mol. The number of ether oxygens (including phenoxy) is 1. The summed E-state index contributed by atoms with van der Waals surface area (Å²) in [5.41, 5.74) is 6.52. The van der Waals surface area contributed by atoms with Crippen molar-refractivity contribution in [3.05, 3.63) is 101 Å². The number of rotatable bonds is 9. The fraction of sp³-hybridized carbons (Fsp3) is 0.250. The van der Waals surface area contributed by atoms with E-state index >= 15 is 0 Å². The van der Waals surface area contributed by atoms with Crippen LogP contribution in [0.15, 0.2) is 72.8 Å². The summed E-state index contributed by atoms with van der Waals surface area (Å²) in [5.74, 6) is -0.530. The zero-order valence-electron chi connectivity index (χ0n) is 27.8. The number of fused-ring (bicyclic) bond motifs is 1. The Bertz CT molecular complexity index is 2060. The average molecular weight is 697 g/mol. The largest absolute Gasteiger partial charge is 0.465 e. The summed E-state index contributed by atoms with van der Waals surface area (Å²) in [6.45, 7) is 0.344. The third kappa shape index (κ3) is 7.81. The lowest BCUT2D eigenvalue weighted by Gasteiger charge is -2.21. The van der Waals surface area contributed by atoms with Crippen LogP contribution in [0.5, 0.6) is 0 Å². The summed E-state index contributed by atoms with van der Waals surface area (Å²) in [7, 11) is 8.08. The summed E-state index contributed by atoms with van der Waals surface area (Å²) < 4.78 is 87.8. The molecule has 0 unspecified atom stereocenters. The maximum Gasteiger partial charge on any atom is 0.416 e. The number of halogens is 6. The lowest BCUT2D eigenvalue weighted by molar-refractivity contribution is -0.138. The molecule has 262 valence electrons. The number of nitrogens with one attached hydrogen (secondary N) is 1. The van der Waals surface area contributed by atoms with E-state index in [1.807, 2.05) is 0 Å². The predicted octanol–water partition coefficient (Wildman–Crippen LogP) is 8.24. The summed E-state index contributed by atoms with van der Waals surface area (Å²) in [6, 6.07) is 17.2. The van der Waals surface area contributed by atoms with Gasteiger partial charge in [-0.3, -0.25) is 0 Å². The Kier molecular flexibility index (Phi) is 10.1. The van der Waals surface area contributed by atoms with Crippen LogP contribution >= 0.6 is 0 Å². The topological polar surface area (TPSA) is 96.6 Å². The zero-order valence-corrected chi connectivity index (χ0v) is 27.8. The van der Waals surface area contributed by atoms with E-state index in [-0.39, 0.29) is 52.5 Å². The van der Waals surface area contributed by atoms with Crippen LogP contribution < -0.4 is 11.1 Å². The van der Waals surface area contributed by atoms with Crippen LogP contribution in [0.3, 0.4) is 0 Å². The van der Waals surface area contributed by atoms with E-state index in [0.717, 1.165) is 24.3 Å². The molecule has 0 amide bonds. The van der Waals surface area contributed by atoms with Crippen LogP contribution in [-0.2, 0) is 30.2 Å². The SMILES string of the molecule is COC(=O)c1ccc(-c2nnc(Nc3cc(CN(C)C)cc(C(F)(F)F)c3)c3ccccc23)cc1-c1c(N)cc(C(F)(F)F)cc1CN(C)C. The van der Waals surface area contributed by atoms with Crippen molar-refractivity contribution in [2.75, 3.05) is 46.4 Å². The summed E-state index contributed by atoms with van der Waals surface area (Å²) >= 11 is 0. The number of carbonyl (C=O) groups excluding carboxylic acids is 1. The number of methoxy groups -OCH3 is 1. The van der Waals surface area contributed by atoms with Crippen molar-refractivity contribution in [2.24, 2.45) is 0 Å². The highest BCUT2D eigenvalue weighted by Gasteiger charge is 2.33. The van der Waals surface area contributed by atoms with Gasteiger partial charge < -0.3 is 25.6 Å². The highest BCUT2D eigenvalue weighted by molar-refractivity contribution is 6.04. The second-order valence-corrected chi connectivity index (χ2v) is 12.3. The molecule has 0 radical (unpaired) electrons. The molecule has 5 aromatic rings. The molecule has 0 saturated carbocycles. The minimum absolute atomic E-state index is 0.0661. The maximum absolute atomic E-state index is 13.8. The molecule has 5 rings (SSSR count). The van der Waals surface area contributed by atoms with Crippen LogP contribution in [0.25, 0.3) is 33.2 Å². The van der Waals surface area contributed by atoms with Gasteiger partial charge in [0.05, 0.1) is 23.8 Å². The average Bonchev–Trinajstić information content (AvgIpc) is 3.02. The fourth-order valence-corrected chi connectivity index (χ4v) is 5.80. The highest BCUT2D eigenvalue weighted by atomic mass is 19.4. The molecule has 8 nitrogen and oxygen atoms in total. The Morgan fingerprint density at radius 3 is 2.06 bits per heavy atom. The molecular weight excluding hydrogens is 662 g/mol. The summed E-state index contributed by atoms with van der Waals surface area (Å²) in [5, 5.41) is 12.9. The van der Waals surface area contributed by atoms with Crippen molar-refractivity contribution in [2.45, 2.75) is 25.4 Å². The summed E-state index contributed by atoms with van der Waals surface area (Å²) in [4.78, 5) is 16.4.